The molecule has 1 atom stereocenters. The van der Waals surface area contributed by atoms with Crippen molar-refractivity contribution in [1.82, 2.24) is 0 Å². The van der Waals surface area contributed by atoms with Crippen LogP contribution in [0.5, 0.6) is 0 Å². The van der Waals surface area contributed by atoms with Crippen LogP contribution in [-0.2, 0) is 0 Å². The molecule has 0 amide bonds. The zero-order valence-corrected chi connectivity index (χ0v) is 8.37. The third kappa shape index (κ3) is 2.84. The zero-order valence-electron chi connectivity index (χ0n) is 6.37. The molecule has 0 aliphatic carbocycles. The van der Waals surface area contributed by atoms with Crippen LogP contribution in [0.2, 0.25) is 0 Å². The molecular weight excluding hydrogens is 135 g/mol. The topological polar surface area (TPSA) is 23.1 Å². The first kappa shape index (κ1) is 10.2. The maximum absolute atomic E-state index is 10.7. The van der Waals surface area contributed by atoms with Gasteiger partial charge in [0.2, 0.25) is 0 Å². The predicted octanol–water partition coefficient (Wildman–Crippen LogP) is -1.89. The molecule has 2 heteroatoms. The molecule has 0 saturated heterocycles. The molecule has 0 spiro atoms. The number of hydrogen-bond acceptors (Lipinski definition) is 1. The van der Waals surface area contributed by atoms with Crippen molar-refractivity contribution >= 4 is 0 Å². The van der Waals surface area contributed by atoms with E-state index in [0.29, 0.717) is 0 Å². The van der Waals surface area contributed by atoms with E-state index in [9.17, 15) is 5.11 Å². The molecule has 0 saturated carbocycles. The fraction of sp³-hybridized carbons (Fsp3) is 0.250. The molecule has 1 unspecified atom stereocenters. The van der Waals surface area contributed by atoms with Crippen LogP contribution in [-0.4, -0.2) is 0 Å². The van der Waals surface area contributed by atoms with Gasteiger partial charge in [-0.2, -0.15) is 0 Å². The molecule has 0 heterocycles. The maximum atomic E-state index is 10.7. The van der Waals surface area contributed by atoms with Gasteiger partial charge in [0, 0.05) is 0 Å². The van der Waals surface area contributed by atoms with Crippen LogP contribution in [0.4, 0.5) is 0 Å². The molecular formula is C8H9NaO. The summed E-state index contributed by atoms with van der Waals surface area (Å²) in [4.78, 5) is 0. The van der Waals surface area contributed by atoms with Crippen molar-refractivity contribution in [2.45, 2.75) is 13.0 Å². The second kappa shape index (κ2) is 4.91. The van der Waals surface area contributed by atoms with E-state index in [1.807, 2.05) is 30.3 Å². The second-order valence-electron chi connectivity index (χ2n) is 2.05. The molecule has 1 aromatic rings. The van der Waals surface area contributed by atoms with E-state index in [4.69, 9.17) is 0 Å². The van der Waals surface area contributed by atoms with Gasteiger partial charge in [-0.1, -0.05) is 42.8 Å². The summed E-state index contributed by atoms with van der Waals surface area (Å²) < 4.78 is 0. The van der Waals surface area contributed by atoms with Crippen molar-refractivity contribution in [3.05, 3.63) is 35.9 Å². The van der Waals surface area contributed by atoms with Crippen molar-refractivity contribution in [2.24, 2.45) is 0 Å². The molecule has 10 heavy (non-hydrogen) atoms. The summed E-state index contributed by atoms with van der Waals surface area (Å²) in [6.45, 7) is 1.65. The molecule has 48 valence electrons. The van der Waals surface area contributed by atoms with E-state index in [0.717, 1.165) is 5.56 Å². The molecule has 0 aliphatic rings. The standard InChI is InChI=1S/C8H9O.Na/c1-7(9)8-5-3-2-4-6-8;/h2-7H,1H3;/q-1;+1. The quantitative estimate of drug-likeness (QED) is 0.423. The van der Waals surface area contributed by atoms with Gasteiger partial charge in [0.05, 0.1) is 0 Å². The van der Waals surface area contributed by atoms with Gasteiger partial charge < -0.3 is 5.11 Å². The summed E-state index contributed by atoms with van der Waals surface area (Å²) >= 11 is 0. The molecule has 0 aromatic heterocycles. The average Bonchev–Trinajstić information content (AvgIpc) is 1.90. The average molecular weight is 144 g/mol. The van der Waals surface area contributed by atoms with Gasteiger partial charge in [0.15, 0.2) is 0 Å². The minimum absolute atomic E-state index is 0. The van der Waals surface area contributed by atoms with Crippen LogP contribution in [0.25, 0.3) is 0 Å². The number of rotatable bonds is 1. The van der Waals surface area contributed by atoms with Gasteiger partial charge in [0.25, 0.3) is 0 Å². The Morgan fingerprint density at radius 2 is 1.70 bits per heavy atom. The largest absolute Gasteiger partial charge is 1.00 e. The van der Waals surface area contributed by atoms with Crippen LogP contribution in [0, 0.1) is 0 Å². The molecule has 1 rings (SSSR count). The molecule has 1 aromatic carbocycles. The third-order valence-electron chi connectivity index (χ3n) is 1.27. The van der Waals surface area contributed by atoms with Gasteiger partial charge in [-0.25, -0.2) is 0 Å². The Labute approximate surface area is 83.4 Å². The first-order valence-electron chi connectivity index (χ1n) is 3.01. The van der Waals surface area contributed by atoms with E-state index in [1.165, 1.54) is 0 Å². The SMILES string of the molecule is CC([O-])c1ccccc1.[Na+]. The summed E-state index contributed by atoms with van der Waals surface area (Å²) in [5.41, 5.74) is 0.859. The summed E-state index contributed by atoms with van der Waals surface area (Å²) in [6, 6.07) is 9.36. The van der Waals surface area contributed by atoms with Crippen LogP contribution >= 0.6 is 0 Å². The Bertz CT molecular complexity index is 172. The summed E-state index contributed by atoms with van der Waals surface area (Å²) in [5, 5.41) is 10.7. The van der Waals surface area contributed by atoms with Crippen LogP contribution in [0.3, 0.4) is 0 Å². The molecule has 1 nitrogen and oxygen atoms in total. The molecule has 0 radical (unpaired) electrons. The normalized spacial score (nSPS) is 11.8. The van der Waals surface area contributed by atoms with Gasteiger partial charge in [-0.05, 0) is 0 Å². The Morgan fingerprint density at radius 3 is 2.00 bits per heavy atom. The van der Waals surface area contributed by atoms with Gasteiger partial charge >= 0.3 is 29.6 Å². The Balaban J connectivity index is 0.000000810. The Hall–Kier alpha value is 0.180. The van der Waals surface area contributed by atoms with Crippen LogP contribution in [0.1, 0.15) is 18.6 Å². The summed E-state index contributed by atoms with van der Waals surface area (Å²) in [7, 11) is 0. The Morgan fingerprint density at radius 1 is 1.20 bits per heavy atom. The Kier molecular flexibility index (Phi) is 5.00. The monoisotopic (exact) mass is 144 g/mol. The van der Waals surface area contributed by atoms with Crippen molar-refractivity contribution in [3.8, 4) is 0 Å². The maximum Gasteiger partial charge on any atom is 1.00 e. The number of benzene rings is 1. The minimum Gasteiger partial charge on any atom is -0.849 e. The third-order valence-corrected chi connectivity index (χ3v) is 1.27. The summed E-state index contributed by atoms with van der Waals surface area (Å²) in [5.74, 6) is 0. The van der Waals surface area contributed by atoms with Crippen LogP contribution < -0.4 is 34.7 Å². The van der Waals surface area contributed by atoms with E-state index in [-0.39, 0.29) is 29.6 Å². The van der Waals surface area contributed by atoms with Gasteiger partial charge in [-0.15, -0.1) is 6.10 Å². The second-order valence-corrected chi connectivity index (χ2v) is 2.05. The number of hydrogen-bond donors (Lipinski definition) is 0. The van der Waals surface area contributed by atoms with Crippen LogP contribution in [0.15, 0.2) is 30.3 Å². The van der Waals surface area contributed by atoms with E-state index >= 15 is 0 Å². The molecule has 0 N–H and O–H groups in total. The molecule has 0 bridgehead atoms. The van der Waals surface area contributed by atoms with Crippen molar-refractivity contribution in [3.63, 3.8) is 0 Å². The van der Waals surface area contributed by atoms with Crippen molar-refractivity contribution < 1.29 is 34.7 Å². The van der Waals surface area contributed by atoms with Crippen molar-refractivity contribution in [2.75, 3.05) is 0 Å². The first-order chi connectivity index (χ1) is 4.30. The van der Waals surface area contributed by atoms with Gasteiger partial charge in [0.1, 0.15) is 0 Å². The smallest absolute Gasteiger partial charge is 0.849 e. The minimum atomic E-state index is -0.591. The fourth-order valence-corrected chi connectivity index (χ4v) is 0.724. The predicted molar refractivity (Wildman–Crippen MR) is 34.9 cm³/mol. The zero-order chi connectivity index (χ0) is 6.69. The first-order valence-corrected chi connectivity index (χ1v) is 3.01. The molecule has 0 fully saturated rings. The van der Waals surface area contributed by atoms with Gasteiger partial charge in [-0.3, -0.25) is 0 Å². The van der Waals surface area contributed by atoms with E-state index < -0.39 is 6.10 Å². The summed E-state index contributed by atoms with van der Waals surface area (Å²) in [6.07, 6.45) is -0.591. The van der Waals surface area contributed by atoms with E-state index in [1.54, 1.807) is 6.92 Å². The molecule has 0 aliphatic heterocycles. The fourth-order valence-electron chi connectivity index (χ4n) is 0.724. The van der Waals surface area contributed by atoms with E-state index in [2.05, 4.69) is 0 Å². The van der Waals surface area contributed by atoms with Crippen molar-refractivity contribution in [1.29, 1.82) is 0 Å².